The van der Waals surface area contributed by atoms with Gasteiger partial charge in [-0.05, 0) is 158 Å². The molecule has 4 saturated carbocycles. The summed E-state index contributed by atoms with van der Waals surface area (Å²) in [5.41, 5.74) is 14.9. The highest BCUT2D eigenvalue weighted by Gasteiger charge is 2.61. The van der Waals surface area contributed by atoms with Gasteiger partial charge in [0.15, 0.2) is 0 Å². The third-order valence-corrected chi connectivity index (χ3v) is 14.2. The van der Waals surface area contributed by atoms with Crippen LogP contribution < -0.4 is 4.90 Å². The zero-order valence-corrected chi connectivity index (χ0v) is 31.0. The quantitative estimate of drug-likeness (QED) is 0.172. The van der Waals surface area contributed by atoms with Crippen molar-refractivity contribution in [2.24, 2.45) is 23.7 Å². The number of nitrogens with zero attached hydrogens (tertiary/aromatic N) is 1. The van der Waals surface area contributed by atoms with E-state index in [1.54, 1.807) is 11.1 Å². The molecule has 0 heterocycles. The van der Waals surface area contributed by atoms with Gasteiger partial charge in [-0.3, -0.25) is 0 Å². The van der Waals surface area contributed by atoms with Crippen molar-refractivity contribution in [1.82, 2.24) is 0 Å². The number of rotatable bonds is 5. The van der Waals surface area contributed by atoms with Gasteiger partial charge in [0.1, 0.15) is 0 Å². The van der Waals surface area contributed by atoms with Gasteiger partial charge >= 0.3 is 0 Å². The molecule has 4 bridgehead atoms. The molecule has 0 atom stereocenters. The Morgan fingerprint density at radius 3 is 1.40 bits per heavy atom. The largest absolute Gasteiger partial charge is 0.310 e. The molecule has 0 N–H and O–H groups in total. The molecule has 0 unspecified atom stereocenters. The Kier molecular flexibility index (Phi) is 6.88. The van der Waals surface area contributed by atoms with Gasteiger partial charge in [-0.25, -0.2) is 0 Å². The molecule has 0 aliphatic heterocycles. The summed E-state index contributed by atoms with van der Waals surface area (Å²) >= 11 is 0. The van der Waals surface area contributed by atoms with Crippen molar-refractivity contribution in [3.63, 3.8) is 0 Å². The monoisotopic (exact) mass is 705 g/mol. The summed E-state index contributed by atoms with van der Waals surface area (Å²) in [6.45, 7) is 0. The molecule has 1 nitrogen and oxygen atoms in total. The van der Waals surface area contributed by atoms with Crippen molar-refractivity contribution in [3.05, 3.63) is 187 Å². The Morgan fingerprint density at radius 2 is 0.818 bits per heavy atom. The van der Waals surface area contributed by atoms with E-state index in [9.17, 15) is 0 Å². The number of hydrogen-bond acceptors (Lipinski definition) is 1. The molecule has 4 fully saturated rings. The Balaban J connectivity index is 1.01. The van der Waals surface area contributed by atoms with Crippen LogP contribution in [0.15, 0.2) is 176 Å². The topological polar surface area (TPSA) is 3.24 Å². The second-order valence-corrected chi connectivity index (χ2v) is 16.9. The average Bonchev–Trinajstić information content (AvgIpc) is 3.53. The minimum atomic E-state index is 0.122. The number of benzene rings is 8. The molecular weight excluding hydrogens is 663 g/mol. The van der Waals surface area contributed by atoms with Crippen LogP contribution in [0, 0.1) is 23.7 Å². The zero-order valence-electron chi connectivity index (χ0n) is 31.0. The summed E-state index contributed by atoms with van der Waals surface area (Å²) in [6, 6.07) is 66.2. The first-order chi connectivity index (χ1) is 27.2. The van der Waals surface area contributed by atoms with E-state index in [-0.39, 0.29) is 5.41 Å². The maximum atomic E-state index is 2.62. The van der Waals surface area contributed by atoms with Crippen LogP contribution in [-0.2, 0) is 5.41 Å². The molecule has 1 spiro atoms. The molecule has 264 valence electrons. The normalized spacial score (nSPS) is 23.0. The van der Waals surface area contributed by atoms with Crippen molar-refractivity contribution >= 4 is 38.6 Å². The molecule has 55 heavy (non-hydrogen) atoms. The third-order valence-electron chi connectivity index (χ3n) is 14.2. The van der Waals surface area contributed by atoms with Gasteiger partial charge in [0.25, 0.3) is 0 Å². The molecule has 0 saturated heterocycles. The SMILES string of the molecule is c1ccc2c(c1)-c1ccc(N(c3ccc(-c4cccc5ccccc45)cc3)c3ccc(-c4cccc5ccccc45)cc3)cc1C21C2CC3CC(C2)CC1C3. The van der Waals surface area contributed by atoms with Gasteiger partial charge in [-0.1, -0.05) is 140 Å². The Morgan fingerprint density at radius 1 is 0.364 bits per heavy atom. The second kappa shape index (κ2) is 12.0. The van der Waals surface area contributed by atoms with Crippen LogP contribution in [-0.4, -0.2) is 0 Å². The molecule has 8 aromatic rings. The summed E-state index contributed by atoms with van der Waals surface area (Å²) < 4.78 is 0. The summed E-state index contributed by atoms with van der Waals surface area (Å²) in [5.74, 6) is 3.30. The summed E-state index contributed by atoms with van der Waals surface area (Å²) in [7, 11) is 0. The van der Waals surface area contributed by atoms with E-state index in [1.807, 2.05) is 0 Å². The Hall–Kier alpha value is -5.92. The predicted octanol–water partition coefficient (Wildman–Crippen LogP) is 14.5. The third kappa shape index (κ3) is 4.66. The smallest absolute Gasteiger partial charge is 0.0465 e. The van der Waals surface area contributed by atoms with Gasteiger partial charge in [-0.15, -0.1) is 0 Å². The summed E-state index contributed by atoms with van der Waals surface area (Å²) in [4.78, 5) is 2.51. The first-order valence-corrected chi connectivity index (χ1v) is 20.4. The van der Waals surface area contributed by atoms with Crippen LogP contribution in [0.1, 0.15) is 43.2 Å². The minimum absolute atomic E-state index is 0.122. The van der Waals surface area contributed by atoms with Crippen LogP contribution >= 0.6 is 0 Å². The Bertz CT molecular complexity index is 2610. The zero-order chi connectivity index (χ0) is 36.1. The number of fused-ring (bicyclic) bond motifs is 5. The van der Waals surface area contributed by atoms with Crippen LogP contribution in [0.25, 0.3) is 54.9 Å². The van der Waals surface area contributed by atoms with Gasteiger partial charge < -0.3 is 4.90 Å². The van der Waals surface area contributed by atoms with Gasteiger partial charge in [0.05, 0.1) is 0 Å². The summed E-state index contributed by atoms with van der Waals surface area (Å²) in [5, 5.41) is 5.13. The lowest BCUT2D eigenvalue weighted by atomic mass is 9.43. The number of hydrogen-bond donors (Lipinski definition) is 0. The van der Waals surface area contributed by atoms with Crippen LogP contribution in [0.4, 0.5) is 17.1 Å². The molecule has 13 rings (SSSR count). The molecule has 5 aliphatic rings. The fourth-order valence-electron chi connectivity index (χ4n) is 12.3. The lowest BCUT2D eigenvalue weighted by Crippen LogP contribution is -2.55. The second-order valence-electron chi connectivity index (χ2n) is 16.9. The van der Waals surface area contributed by atoms with Gasteiger partial charge in [0, 0.05) is 22.5 Å². The highest BCUT2D eigenvalue weighted by Crippen LogP contribution is 2.69. The molecule has 0 aromatic heterocycles. The predicted molar refractivity (Wildman–Crippen MR) is 230 cm³/mol. The van der Waals surface area contributed by atoms with Crippen LogP contribution in [0.3, 0.4) is 0 Å². The first-order valence-electron chi connectivity index (χ1n) is 20.4. The van der Waals surface area contributed by atoms with E-state index >= 15 is 0 Å². The highest BCUT2D eigenvalue weighted by atomic mass is 15.1. The molecule has 8 aromatic carbocycles. The minimum Gasteiger partial charge on any atom is -0.310 e. The van der Waals surface area contributed by atoms with Crippen LogP contribution in [0.2, 0.25) is 0 Å². The van der Waals surface area contributed by atoms with E-state index in [4.69, 9.17) is 0 Å². The van der Waals surface area contributed by atoms with E-state index in [0.717, 1.165) is 23.7 Å². The fraction of sp³-hybridized carbons (Fsp3) is 0.185. The van der Waals surface area contributed by atoms with Crippen molar-refractivity contribution in [2.45, 2.75) is 37.5 Å². The lowest BCUT2D eigenvalue weighted by molar-refractivity contribution is -0.0399. The van der Waals surface area contributed by atoms with Gasteiger partial charge in [0.2, 0.25) is 0 Å². The molecule has 1 heteroatoms. The standard InChI is InChI=1S/C54H43N/c1-3-13-46-37(9-1)11-7-16-48(46)39-19-23-43(24-20-39)55(44-25-21-40(22-26-44)49-17-8-12-38-10-2-4-14-47(38)49)45-27-28-51-50-15-5-6-18-52(50)54(53(51)34-45)41-30-35-29-36(32-41)33-42(54)31-35/h1-28,34-36,41-42H,29-33H2. The average molecular weight is 706 g/mol. The molecule has 0 amide bonds. The van der Waals surface area contributed by atoms with E-state index in [2.05, 4.69) is 181 Å². The fourth-order valence-corrected chi connectivity index (χ4v) is 12.3. The maximum absolute atomic E-state index is 2.62. The van der Waals surface area contributed by atoms with Crippen molar-refractivity contribution < 1.29 is 0 Å². The van der Waals surface area contributed by atoms with E-state index in [0.29, 0.717) is 0 Å². The lowest BCUT2D eigenvalue weighted by Gasteiger charge is -2.61. The van der Waals surface area contributed by atoms with Crippen molar-refractivity contribution in [3.8, 4) is 33.4 Å². The Labute approximate surface area is 323 Å². The first kappa shape index (κ1) is 31.4. The maximum Gasteiger partial charge on any atom is 0.0465 e. The number of anilines is 3. The van der Waals surface area contributed by atoms with Crippen LogP contribution in [0.5, 0.6) is 0 Å². The summed E-state index contributed by atoms with van der Waals surface area (Å²) in [6.07, 6.45) is 7.02. The van der Waals surface area contributed by atoms with E-state index < -0.39 is 0 Å². The van der Waals surface area contributed by atoms with Crippen molar-refractivity contribution in [1.29, 1.82) is 0 Å². The molecule has 0 radical (unpaired) electrons. The molecular formula is C54H43N. The van der Waals surface area contributed by atoms with Crippen molar-refractivity contribution in [2.75, 3.05) is 4.90 Å². The van der Waals surface area contributed by atoms with E-state index in [1.165, 1.54) is 104 Å². The highest BCUT2D eigenvalue weighted by molar-refractivity contribution is 5.98. The molecule has 5 aliphatic carbocycles. The van der Waals surface area contributed by atoms with Gasteiger partial charge in [-0.2, -0.15) is 0 Å².